The van der Waals surface area contributed by atoms with Crippen molar-refractivity contribution in [2.45, 2.75) is 6.42 Å². The van der Waals surface area contributed by atoms with Crippen LogP contribution in [-0.4, -0.2) is 4.98 Å². The number of hydrogen-bond acceptors (Lipinski definition) is 3. The average Bonchev–Trinajstić information content (AvgIpc) is 2.93. The second-order valence-corrected chi connectivity index (χ2v) is 4.35. The highest BCUT2D eigenvalue weighted by atomic mass is 16.4. The van der Waals surface area contributed by atoms with E-state index in [1.165, 1.54) is 0 Å². The predicted molar refractivity (Wildman–Crippen MR) is 76.7 cm³/mol. The van der Waals surface area contributed by atoms with Crippen LogP contribution in [0.25, 0.3) is 22.6 Å². The van der Waals surface area contributed by atoms with Crippen LogP contribution >= 0.6 is 0 Å². The number of benzene rings is 2. The molecule has 0 fully saturated rings. The Morgan fingerprint density at radius 1 is 0.900 bits per heavy atom. The molecule has 0 radical (unpaired) electrons. The summed E-state index contributed by atoms with van der Waals surface area (Å²) in [5.74, 6) is 1.16. The zero-order chi connectivity index (χ0) is 13.8. The van der Waals surface area contributed by atoms with E-state index < -0.39 is 0 Å². The van der Waals surface area contributed by atoms with Crippen molar-refractivity contribution < 1.29 is 4.42 Å². The SMILES string of the molecule is N#CCc1nc(-c2ccccc2)c(-c2ccccc2)o1. The fourth-order valence-electron chi connectivity index (χ4n) is 2.08. The molecule has 3 rings (SSSR count). The van der Waals surface area contributed by atoms with Crippen molar-refractivity contribution in [1.82, 2.24) is 4.98 Å². The van der Waals surface area contributed by atoms with Gasteiger partial charge in [-0.2, -0.15) is 5.26 Å². The van der Waals surface area contributed by atoms with Gasteiger partial charge < -0.3 is 4.42 Å². The minimum Gasteiger partial charge on any atom is -0.439 e. The van der Waals surface area contributed by atoms with Crippen LogP contribution in [0.5, 0.6) is 0 Å². The van der Waals surface area contributed by atoms with Gasteiger partial charge in [0.2, 0.25) is 5.89 Å². The fourth-order valence-corrected chi connectivity index (χ4v) is 2.08. The van der Waals surface area contributed by atoms with Gasteiger partial charge >= 0.3 is 0 Å². The van der Waals surface area contributed by atoms with Gasteiger partial charge in [0.15, 0.2) is 5.76 Å². The predicted octanol–water partition coefficient (Wildman–Crippen LogP) is 4.07. The minimum absolute atomic E-state index is 0.173. The normalized spacial score (nSPS) is 10.2. The molecule has 3 aromatic rings. The molecule has 0 N–H and O–H groups in total. The number of oxazole rings is 1. The Hall–Kier alpha value is -2.86. The van der Waals surface area contributed by atoms with Crippen LogP contribution in [0.2, 0.25) is 0 Å². The Bertz CT molecular complexity index is 683. The molecule has 1 aromatic heterocycles. The van der Waals surface area contributed by atoms with Crippen molar-refractivity contribution >= 4 is 0 Å². The standard InChI is InChI=1S/C17H12N2O/c18-12-11-15-19-16(13-7-3-1-4-8-13)17(20-15)14-9-5-2-6-10-14/h1-10H,11H2. The highest BCUT2D eigenvalue weighted by molar-refractivity contribution is 5.76. The molecule has 0 saturated carbocycles. The van der Waals surface area contributed by atoms with Crippen molar-refractivity contribution in [2.24, 2.45) is 0 Å². The summed E-state index contributed by atoms with van der Waals surface area (Å²) < 4.78 is 5.76. The van der Waals surface area contributed by atoms with Crippen LogP contribution in [-0.2, 0) is 6.42 Å². The first kappa shape index (κ1) is 12.2. The third-order valence-electron chi connectivity index (χ3n) is 2.98. The molecule has 20 heavy (non-hydrogen) atoms. The molecule has 0 spiro atoms. The molecule has 0 amide bonds. The van der Waals surface area contributed by atoms with E-state index in [-0.39, 0.29) is 6.42 Å². The van der Waals surface area contributed by atoms with E-state index in [0.29, 0.717) is 11.7 Å². The van der Waals surface area contributed by atoms with Crippen LogP contribution in [0.15, 0.2) is 65.1 Å². The van der Waals surface area contributed by atoms with E-state index in [2.05, 4.69) is 11.1 Å². The Morgan fingerprint density at radius 3 is 2.10 bits per heavy atom. The third-order valence-corrected chi connectivity index (χ3v) is 2.98. The number of nitrogens with zero attached hydrogens (tertiary/aromatic N) is 2. The van der Waals surface area contributed by atoms with Gasteiger partial charge in [0.05, 0.1) is 6.07 Å². The van der Waals surface area contributed by atoms with Gasteiger partial charge in [0.1, 0.15) is 12.1 Å². The van der Waals surface area contributed by atoms with Crippen molar-refractivity contribution in [1.29, 1.82) is 5.26 Å². The summed E-state index contributed by atoms with van der Waals surface area (Å²) in [6.45, 7) is 0. The average molecular weight is 260 g/mol. The third kappa shape index (κ3) is 2.32. The van der Waals surface area contributed by atoms with E-state index in [1.807, 2.05) is 60.7 Å². The summed E-state index contributed by atoms with van der Waals surface area (Å²) in [5, 5.41) is 8.81. The van der Waals surface area contributed by atoms with Gasteiger partial charge in [-0.3, -0.25) is 0 Å². The quantitative estimate of drug-likeness (QED) is 0.713. The van der Waals surface area contributed by atoms with Gasteiger partial charge in [0, 0.05) is 11.1 Å². The van der Waals surface area contributed by atoms with E-state index in [0.717, 1.165) is 16.8 Å². The van der Waals surface area contributed by atoms with Crippen molar-refractivity contribution in [3.8, 4) is 28.7 Å². The van der Waals surface area contributed by atoms with Gasteiger partial charge in [-0.25, -0.2) is 4.98 Å². The lowest BCUT2D eigenvalue weighted by molar-refractivity contribution is 0.523. The minimum atomic E-state index is 0.173. The molecule has 1 heterocycles. The number of hydrogen-bond donors (Lipinski definition) is 0. The maximum Gasteiger partial charge on any atom is 0.209 e. The molecular weight excluding hydrogens is 248 g/mol. The molecule has 0 bridgehead atoms. The summed E-state index contributed by atoms with van der Waals surface area (Å²) in [7, 11) is 0. The largest absolute Gasteiger partial charge is 0.439 e. The smallest absolute Gasteiger partial charge is 0.209 e. The zero-order valence-electron chi connectivity index (χ0n) is 10.8. The first-order valence-corrected chi connectivity index (χ1v) is 6.36. The van der Waals surface area contributed by atoms with Gasteiger partial charge in [-0.05, 0) is 0 Å². The lowest BCUT2D eigenvalue weighted by Crippen LogP contribution is -1.83. The molecule has 0 saturated heterocycles. The van der Waals surface area contributed by atoms with Crippen LogP contribution in [0.3, 0.4) is 0 Å². The molecule has 3 nitrogen and oxygen atoms in total. The van der Waals surface area contributed by atoms with E-state index in [1.54, 1.807) is 0 Å². The molecule has 0 aliphatic rings. The van der Waals surface area contributed by atoms with Crippen LogP contribution < -0.4 is 0 Å². The lowest BCUT2D eigenvalue weighted by atomic mass is 10.1. The number of aromatic nitrogens is 1. The summed E-state index contributed by atoms with van der Waals surface area (Å²) in [6.07, 6.45) is 0.173. The molecule has 0 unspecified atom stereocenters. The van der Waals surface area contributed by atoms with E-state index >= 15 is 0 Å². The highest BCUT2D eigenvalue weighted by Gasteiger charge is 2.16. The molecular formula is C17H12N2O. The van der Waals surface area contributed by atoms with E-state index in [9.17, 15) is 0 Å². The molecule has 3 heteroatoms. The Morgan fingerprint density at radius 2 is 1.50 bits per heavy atom. The maximum atomic E-state index is 8.81. The lowest BCUT2D eigenvalue weighted by Gasteiger charge is -2.00. The van der Waals surface area contributed by atoms with Crippen LogP contribution in [0.1, 0.15) is 5.89 Å². The molecule has 2 aromatic carbocycles. The number of nitriles is 1. The number of rotatable bonds is 3. The van der Waals surface area contributed by atoms with Crippen LogP contribution in [0, 0.1) is 11.3 Å². The Kier molecular flexibility index (Phi) is 3.30. The second-order valence-electron chi connectivity index (χ2n) is 4.35. The fraction of sp³-hybridized carbons (Fsp3) is 0.0588. The van der Waals surface area contributed by atoms with E-state index in [4.69, 9.17) is 9.68 Å². The topological polar surface area (TPSA) is 49.8 Å². The molecule has 96 valence electrons. The molecule has 0 aliphatic carbocycles. The molecule has 0 aliphatic heterocycles. The zero-order valence-corrected chi connectivity index (χ0v) is 10.8. The maximum absolute atomic E-state index is 8.81. The van der Waals surface area contributed by atoms with Gasteiger partial charge in [0.25, 0.3) is 0 Å². The summed E-state index contributed by atoms with van der Waals surface area (Å²) in [5.41, 5.74) is 2.73. The Balaban J connectivity index is 2.16. The monoisotopic (exact) mass is 260 g/mol. The van der Waals surface area contributed by atoms with Crippen molar-refractivity contribution in [2.75, 3.05) is 0 Å². The first-order valence-electron chi connectivity index (χ1n) is 6.36. The highest BCUT2D eigenvalue weighted by Crippen LogP contribution is 2.32. The Labute approximate surface area is 117 Å². The first-order chi connectivity index (χ1) is 9.88. The summed E-state index contributed by atoms with van der Waals surface area (Å²) in [6, 6.07) is 21.7. The van der Waals surface area contributed by atoms with Crippen LogP contribution in [0.4, 0.5) is 0 Å². The summed E-state index contributed by atoms with van der Waals surface area (Å²) in [4.78, 5) is 4.46. The summed E-state index contributed by atoms with van der Waals surface area (Å²) >= 11 is 0. The van der Waals surface area contributed by atoms with Gasteiger partial charge in [-0.1, -0.05) is 60.7 Å². The van der Waals surface area contributed by atoms with Crippen molar-refractivity contribution in [3.05, 3.63) is 66.6 Å². The van der Waals surface area contributed by atoms with Gasteiger partial charge in [-0.15, -0.1) is 0 Å². The van der Waals surface area contributed by atoms with Crippen molar-refractivity contribution in [3.63, 3.8) is 0 Å². The molecule has 0 atom stereocenters. The second kappa shape index (κ2) is 5.41.